The third kappa shape index (κ3) is 3.82. The lowest BCUT2D eigenvalue weighted by molar-refractivity contribution is 0.0528. The number of rotatable bonds is 6. The number of nitrogens with zero attached hydrogens (tertiary/aromatic N) is 4. The molecule has 0 bridgehead atoms. The lowest BCUT2D eigenvalue weighted by Gasteiger charge is -2.16. The van der Waals surface area contributed by atoms with Crippen LogP contribution in [0.4, 0.5) is 0 Å². The SMILES string of the molecule is CCOC(=O)c1cc(-c2ccccn2)nc2c1c(=O)n(CC)c(=O)n2Cc1ccccc1. The molecular weight excluding hydrogens is 408 g/mol. The van der Waals surface area contributed by atoms with Crippen molar-refractivity contribution in [1.82, 2.24) is 19.1 Å². The van der Waals surface area contributed by atoms with Crippen molar-refractivity contribution in [1.29, 1.82) is 0 Å². The van der Waals surface area contributed by atoms with Gasteiger partial charge in [-0.05, 0) is 37.6 Å². The first-order valence-electron chi connectivity index (χ1n) is 10.4. The van der Waals surface area contributed by atoms with Gasteiger partial charge in [-0.1, -0.05) is 36.4 Å². The number of esters is 1. The molecule has 0 aliphatic rings. The molecule has 4 rings (SSSR count). The minimum Gasteiger partial charge on any atom is -0.462 e. The fourth-order valence-electron chi connectivity index (χ4n) is 3.60. The third-order valence-corrected chi connectivity index (χ3v) is 5.10. The zero-order chi connectivity index (χ0) is 22.7. The normalized spacial score (nSPS) is 10.9. The number of carbonyl (C=O) groups is 1. The first-order valence-corrected chi connectivity index (χ1v) is 10.4. The van der Waals surface area contributed by atoms with E-state index in [4.69, 9.17) is 4.74 Å². The second-order valence-electron chi connectivity index (χ2n) is 7.09. The highest BCUT2D eigenvalue weighted by Crippen LogP contribution is 2.22. The topological polar surface area (TPSA) is 96.1 Å². The predicted molar refractivity (Wildman–Crippen MR) is 121 cm³/mol. The highest BCUT2D eigenvalue weighted by molar-refractivity contribution is 6.03. The van der Waals surface area contributed by atoms with Gasteiger partial charge >= 0.3 is 11.7 Å². The number of benzene rings is 1. The van der Waals surface area contributed by atoms with Crippen LogP contribution < -0.4 is 11.2 Å². The third-order valence-electron chi connectivity index (χ3n) is 5.10. The molecule has 0 radical (unpaired) electrons. The molecule has 3 heterocycles. The number of hydrogen-bond donors (Lipinski definition) is 0. The van der Waals surface area contributed by atoms with E-state index in [2.05, 4.69) is 9.97 Å². The van der Waals surface area contributed by atoms with E-state index in [0.29, 0.717) is 11.4 Å². The summed E-state index contributed by atoms with van der Waals surface area (Å²) in [5, 5.41) is 0.0560. The maximum Gasteiger partial charge on any atom is 0.339 e. The van der Waals surface area contributed by atoms with Gasteiger partial charge in [0, 0.05) is 12.7 Å². The number of hydrogen-bond acceptors (Lipinski definition) is 6. The number of carbonyl (C=O) groups excluding carboxylic acids is 1. The molecule has 1 aromatic carbocycles. The maximum absolute atomic E-state index is 13.2. The smallest absolute Gasteiger partial charge is 0.339 e. The molecule has 4 aromatic rings. The van der Waals surface area contributed by atoms with Crippen LogP contribution in [0.1, 0.15) is 29.8 Å². The van der Waals surface area contributed by atoms with Gasteiger partial charge in [0.2, 0.25) is 0 Å². The lowest BCUT2D eigenvalue weighted by atomic mass is 10.1. The zero-order valence-electron chi connectivity index (χ0n) is 17.8. The summed E-state index contributed by atoms with van der Waals surface area (Å²) in [7, 11) is 0. The summed E-state index contributed by atoms with van der Waals surface area (Å²) in [5.74, 6) is -0.651. The summed E-state index contributed by atoms with van der Waals surface area (Å²) in [6.07, 6.45) is 1.61. The van der Waals surface area contributed by atoms with Crippen molar-refractivity contribution < 1.29 is 9.53 Å². The van der Waals surface area contributed by atoms with Crippen molar-refractivity contribution in [2.24, 2.45) is 0 Å². The van der Waals surface area contributed by atoms with Crippen molar-refractivity contribution >= 4 is 17.0 Å². The van der Waals surface area contributed by atoms with Crippen LogP contribution in [0, 0.1) is 0 Å². The standard InChI is InChI=1S/C24H22N4O4/c1-3-27-22(29)20-17(23(30)32-4-2)14-19(18-12-8-9-13-25-18)26-21(20)28(24(27)31)15-16-10-6-5-7-11-16/h5-14H,3-4,15H2,1-2H3. The summed E-state index contributed by atoms with van der Waals surface area (Å²) in [5.41, 5.74) is 0.870. The second-order valence-corrected chi connectivity index (χ2v) is 7.09. The molecule has 0 fully saturated rings. The summed E-state index contributed by atoms with van der Waals surface area (Å²) in [4.78, 5) is 48.3. The van der Waals surface area contributed by atoms with E-state index in [1.165, 1.54) is 10.6 Å². The summed E-state index contributed by atoms with van der Waals surface area (Å²) in [6.45, 7) is 3.90. The van der Waals surface area contributed by atoms with Gasteiger partial charge in [-0.2, -0.15) is 0 Å². The minimum atomic E-state index is -0.651. The van der Waals surface area contributed by atoms with E-state index in [-0.39, 0.29) is 36.3 Å². The Morgan fingerprint density at radius 2 is 1.72 bits per heavy atom. The molecule has 32 heavy (non-hydrogen) atoms. The lowest BCUT2D eigenvalue weighted by Crippen LogP contribution is -2.41. The van der Waals surface area contributed by atoms with E-state index < -0.39 is 17.2 Å². The molecule has 0 amide bonds. The van der Waals surface area contributed by atoms with Gasteiger partial charge in [-0.15, -0.1) is 0 Å². The molecule has 0 unspecified atom stereocenters. The van der Waals surface area contributed by atoms with E-state index in [9.17, 15) is 14.4 Å². The van der Waals surface area contributed by atoms with Gasteiger partial charge in [-0.25, -0.2) is 14.6 Å². The monoisotopic (exact) mass is 430 g/mol. The van der Waals surface area contributed by atoms with Crippen LogP contribution >= 0.6 is 0 Å². The van der Waals surface area contributed by atoms with E-state index in [1.54, 1.807) is 38.2 Å². The molecular formula is C24H22N4O4. The van der Waals surface area contributed by atoms with Crippen LogP contribution in [0.15, 0.2) is 70.4 Å². The maximum atomic E-state index is 13.2. The highest BCUT2D eigenvalue weighted by Gasteiger charge is 2.23. The van der Waals surface area contributed by atoms with Crippen LogP contribution in [-0.4, -0.2) is 31.7 Å². The van der Waals surface area contributed by atoms with E-state index in [0.717, 1.165) is 10.1 Å². The van der Waals surface area contributed by atoms with Gasteiger partial charge in [0.05, 0.1) is 35.5 Å². The fraction of sp³-hybridized carbons (Fsp3) is 0.208. The van der Waals surface area contributed by atoms with E-state index >= 15 is 0 Å². The molecule has 0 N–H and O–H groups in total. The van der Waals surface area contributed by atoms with E-state index in [1.807, 2.05) is 30.3 Å². The first-order chi connectivity index (χ1) is 15.5. The quantitative estimate of drug-likeness (QED) is 0.437. The molecule has 8 heteroatoms. The van der Waals surface area contributed by atoms with Crippen LogP contribution in [0.2, 0.25) is 0 Å². The summed E-state index contributed by atoms with van der Waals surface area (Å²) < 4.78 is 7.75. The second kappa shape index (κ2) is 8.97. The van der Waals surface area contributed by atoms with Crippen molar-refractivity contribution in [2.75, 3.05) is 6.61 Å². The summed E-state index contributed by atoms with van der Waals surface area (Å²) >= 11 is 0. The summed E-state index contributed by atoms with van der Waals surface area (Å²) in [6, 6.07) is 16.2. The number of ether oxygens (including phenoxy) is 1. The molecule has 0 saturated carbocycles. The Bertz CT molecular complexity index is 1390. The Labute approximate surface area is 183 Å². The Kier molecular flexibility index (Phi) is 5.93. The molecule has 162 valence electrons. The molecule has 8 nitrogen and oxygen atoms in total. The van der Waals surface area contributed by atoms with Crippen LogP contribution in [0.25, 0.3) is 22.4 Å². The van der Waals surface area contributed by atoms with Crippen molar-refractivity contribution in [2.45, 2.75) is 26.9 Å². The number of fused-ring (bicyclic) bond motifs is 1. The van der Waals surface area contributed by atoms with Gasteiger partial charge in [0.25, 0.3) is 5.56 Å². The van der Waals surface area contributed by atoms with Crippen LogP contribution in [-0.2, 0) is 17.8 Å². The molecule has 3 aromatic heterocycles. The Hall–Kier alpha value is -4.07. The minimum absolute atomic E-state index is 0.0560. The number of pyridine rings is 2. The molecule has 0 atom stereocenters. The van der Waals surface area contributed by atoms with Crippen molar-refractivity contribution in [3.8, 4) is 11.4 Å². The van der Waals surface area contributed by atoms with Crippen molar-refractivity contribution in [3.05, 3.63) is 92.8 Å². The van der Waals surface area contributed by atoms with Gasteiger partial charge < -0.3 is 4.74 Å². The average Bonchev–Trinajstić information content (AvgIpc) is 2.82. The van der Waals surface area contributed by atoms with Gasteiger partial charge in [0.1, 0.15) is 0 Å². The van der Waals surface area contributed by atoms with Gasteiger partial charge in [0.15, 0.2) is 5.65 Å². The highest BCUT2D eigenvalue weighted by atomic mass is 16.5. The Balaban J connectivity index is 2.11. The van der Waals surface area contributed by atoms with Crippen molar-refractivity contribution in [3.63, 3.8) is 0 Å². The van der Waals surface area contributed by atoms with Crippen LogP contribution in [0.5, 0.6) is 0 Å². The molecule has 0 aliphatic carbocycles. The fourth-order valence-corrected chi connectivity index (χ4v) is 3.60. The Morgan fingerprint density at radius 3 is 2.38 bits per heavy atom. The predicted octanol–water partition coefficient (Wildman–Crippen LogP) is 2.87. The molecule has 0 aliphatic heterocycles. The van der Waals surface area contributed by atoms with Gasteiger partial charge in [-0.3, -0.25) is 18.9 Å². The number of aromatic nitrogens is 4. The molecule has 0 saturated heterocycles. The van der Waals surface area contributed by atoms with Crippen LogP contribution in [0.3, 0.4) is 0 Å². The molecule has 0 spiro atoms. The average molecular weight is 430 g/mol. The Morgan fingerprint density at radius 1 is 0.969 bits per heavy atom. The zero-order valence-corrected chi connectivity index (χ0v) is 17.8. The first kappa shape index (κ1) is 21.2. The largest absolute Gasteiger partial charge is 0.462 e.